The highest BCUT2D eigenvalue weighted by Crippen LogP contribution is 2.09. The van der Waals surface area contributed by atoms with E-state index in [-0.39, 0.29) is 37.6 Å². The van der Waals surface area contributed by atoms with Crippen LogP contribution in [0.15, 0.2) is 35.5 Å². The van der Waals surface area contributed by atoms with Gasteiger partial charge in [-0.3, -0.25) is 9.59 Å². The van der Waals surface area contributed by atoms with Crippen LogP contribution in [-0.2, 0) is 19.1 Å². The number of ether oxygens (including phenoxy) is 2. The van der Waals surface area contributed by atoms with Crippen LogP contribution < -0.4 is 16.0 Å². The standard InChI is InChI=1S/C18H21N3O6/c1-3-26-17(24)13-8-20-18(25)21-14(13)10-27-15(22)9-19-16(23)12-6-4-5-11(2)7-12/h4-7H,3,8-10H2,1-2H3,(H,19,23)(H2,20,21,25). The maximum atomic E-state index is 12.0. The van der Waals surface area contributed by atoms with Gasteiger partial charge in [-0.05, 0) is 26.0 Å². The van der Waals surface area contributed by atoms with Gasteiger partial charge in [0.05, 0.1) is 24.4 Å². The fourth-order valence-electron chi connectivity index (χ4n) is 2.31. The molecule has 27 heavy (non-hydrogen) atoms. The molecule has 144 valence electrons. The Labute approximate surface area is 156 Å². The second-order valence-corrected chi connectivity index (χ2v) is 5.70. The Morgan fingerprint density at radius 1 is 1.22 bits per heavy atom. The molecule has 9 heteroatoms. The number of rotatable bonds is 7. The van der Waals surface area contributed by atoms with Crippen molar-refractivity contribution in [2.75, 3.05) is 26.3 Å². The fraction of sp³-hybridized carbons (Fsp3) is 0.333. The summed E-state index contributed by atoms with van der Waals surface area (Å²) in [7, 11) is 0. The van der Waals surface area contributed by atoms with E-state index >= 15 is 0 Å². The number of aryl methyl sites for hydroxylation is 1. The number of carbonyl (C=O) groups is 4. The quantitative estimate of drug-likeness (QED) is 0.593. The monoisotopic (exact) mass is 375 g/mol. The maximum absolute atomic E-state index is 12.0. The molecule has 9 nitrogen and oxygen atoms in total. The molecule has 3 amide bonds. The molecule has 1 aromatic carbocycles. The predicted molar refractivity (Wildman–Crippen MR) is 94.7 cm³/mol. The lowest BCUT2D eigenvalue weighted by Crippen LogP contribution is -2.45. The number of nitrogens with one attached hydrogen (secondary N) is 3. The molecule has 0 fully saturated rings. The molecule has 0 saturated heterocycles. The number of carbonyl (C=O) groups excluding carboxylic acids is 4. The predicted octanol–water partition coefficient (Wildman–Crippen LogP) is 0.398. The minimum absolute atomic E-state index is 0.0261. The summed E-state index contributed by atoms with van der Waals surface area (Å²) in [5.74, 6) is -1.72. The SMILES string of the molecule is CCOC(=O)C1=C(COC(=O)CNC(=O)c2cccc(C)c2)NC(=O)NC1. The van der Waals surface area contributed by atoms with Gasteiger partial charge in [0.25, 0.3) is 5.91 Å². The third kappa shape index (κ3) is 5.84. The van der Waals surface area contributed by atoms with E-state index in [1.165, 1.54) is 0 Å². The molecule has 0 saturated carbocycles. The molecule has 1 aliphatic rings. The van der Waals surface area contributed by atoms with Gasteiger partial charge in [0.2, 0.25) is 0 Å². The number of hydrogen-bond acceptors (Lipinski definition) is 6. The first-order valence-corrected chi connectivity index (χ1v) is 8.35. The van der Waals surface area contributed by atoms with Crippen LogP contribution in [0.4, 0.5) is 4.79 Å². The Morgan fingerprint density at radius 2 is 2.00 bits per heavy atom. The van der Waals surface area contributed by atoms with Crippen LogP contribution in [0.25, 0.3) is 0 Å². The maximum Gasteiger partial charge on any atom is 0.337 e. The zero-order valence-electron chi connectivity index (χ0n) is 15.1. The van der Waals surface area contributed by atoms with Gasteiger partial charge in [0, 0.05) is 5.56 Å². The lowest BCUT2D eigenvalue weighted by molar-refractivity contribution is -0.142. The number of benzene rings is 1. The van der Waals surface area contributed by atoms with Gasteiger partial charge in [-0.15, -0.1) is 0 Å². The highest BCUT2D eigenvalue weighted by molar-refractivity contribution is 5.96. The van der Waals surface area contributed by atoms with Gasteiger partial charge in [-0.25, -0.2) is 9.59 Å². The van der Waals surface area contributed by atoms with Crippen molar-refractivity contribution in [2.45, 2.75) is 13.8 Å². The molecule has 0 spiro atoms. The van der Waals surface area contributed by atoms with E-state index in [2.05, 4.69) is 16.0 Å². The van der Waals surface area contributed by atoms with Gasteiger partial charge in [0.1, 0.15) is 13.2 Å². The zero-order chi connectivity index (χ0) is 19.8. The lowest BCUT2D eigenvalue weighted by Gasteiger charge is -2.21. The van der Waals surface area contributed by atoms with Crippen LogP contribution >= 0.6 is 0 Å². The summed E-state index contributed by atoms with van der Waals surface area (Å²) in [6.07, 6.45) is 0. The lowest BCUT2D eigenvalue weighted by atomic mass is 10.1. The molecule has 2 rings (SSSR count). The molecule has 1 aromatic rings. The van der Waals surface area contributed by atoms with Crippen molar-refractivity contribution in [3.8, 4) is 0 Å². The minimum Gasteiger partial charge on any atom is -0.463 e. The molecule has 0 atom stereocenters. The molecule has 3 N–H and O–H groups in total. The van der Waals surface area contributed by atoms with E-state index in [1.54, 1.807) is 25.1 Å². The summed E-state index contributed by atoms with van der Waals surface area (Å²) in [4.78, 5) is 47.2. The summed E-state index contributed by atoms with van der Waals surface area (Å²) >= 11 is 0. The first-order chi connectivity index (χ1) is 12.9. The minimum atomic E-state index is -0.709. The molecule has 0 aromatic heterocycles. The van der Waals surface area contributed by atoms with Gasteiger partial charge in [0.15, 0.2) is 0 Å². The molecular weight excluding hydrogens is 354 g/mol. The van der Waals surface area contributed by atoms with Gasteiger partial charge in [-0.2, -0.15) is 0 Å². The van der Waals surface area contributed by atoms with Crippen LogP contribution in [-0.4, -0.2) is 50.2 Å². The van der Waals surface area contributed by atoms with Crippen molar-refractivity contribution in [1.29, 1.82) is 0 Å². The molecule has 1 heterocycles. The van der Waals surface area contributed by atoms with E-state index in [0.29, 0.717) is 5.56 Å². The molecule has 0 aliphatic carbocycles. The first kappa shape index (κ1) is 20.0. The summed E-state index contributed by atoms with van der Waals surface area (Å²) in [5.41, 5.74) is 1.68. The van der Waals surface area contributed by atoms with E-state index in [0.717, 1.165) is 5.56 Å². The average molecular weight is 375 g/mol. The van der Waals surface area contributed by atoms with Crippen LogP contribution in [0.1, 0.15) is 22.8 Å². The van der Waals surface area contributed by atoms with Crippen molar-refractivity contribution >= 4 is 23.9 Å². The highest BCUT2D eigenvalue weighted by Gasteiger charge is 2.24. The third-order valence-corrected chi connectivity index (χ3v) is 3.63. The van der Waals surface area contributed by atoms with Crippen LogP contribution in [0, 0.1) is 6.92 Å². The fourth-order valence-corrected chi connectivity index (χ4v) is 2.31. The van der Waals surface area contributed by atoms with E-state index in [9.17, 15) is 19.2 Å². The number of esters is 2. The van der Waals surface area contributed by atoms with Crippen LogP contribution in [0.2, 0.25) is 0 Å². The molecular formula is C18H21N3O6. The van der Waals surface area contributed by atoms with Crippen molar-refractivity contribution < 1.29 is 28.7 Å². The molecule has 0 unspecified atom stereocenters. The highest BCUT2D eigenvalue weighted by atomic mass is 16.5. The van der Waals surface area contributed by atoms with Crippen molar-refractivity contribution in [2.24, 2.45) is 0 Å². The summed E-state index contributed by atoms with van der Waals surface area (Å²) in [6.45, 7) is 2.99. The Morgan fingerprint density at radius 3 is 2.70 bits per heavy atom. The van der Waals surface area contributed by atoms with Crippen LogP contribution in [0.5, 0.6) is 0 Å². The van der Waals surface area contributed by atoms with Gasteiger partial charge in [-0.1, -0.05) is 17.7 Å². The zero-order valence-corrected chi connectivity index (χ0v) is 15.1. The Bertz CT molecular complexity index is 787. The smallest absolute Gasteiger partial charge is 0.337 e. The van der Waals surface area contributed by atoms with Crippen molar-refractivity contribution in [3.05, 3.63) is 46.7 Å². The largest absolute Gasteiger partial charge is 0.463 e. The number of urea groups is 1. The Kier molecular flexibility index (Phi) is 6.93. The van der Waals surface area contributed by atoms with Crippen LogP contribution in [0.3, 0.4) is 0 Å². The van der Waals surface area contributed by atoms with Gasteiger partial charge < -0.3 is 25.4 Å². The molecule has 0 bridgehead atoms. The van der Waals surface area contributed by atoms with Gasteiger partial charge >= 0.3 is 18.0 Å². The molecule has 1 aliphatic heterocycles. The average Bonchev–Trinajstić information content (AvgIpc) is 2.64. The summed E-state index contributed by atoms with van der Waals surface area (Å²) < 4.78 is 9.94. The first-order valence-electron chi connectivity index (χ1n) is 8.35. The van der Waals surface area contributed by atoms with Crippen molar-refractivity contribution in [1.82, 2.24) is 16.0 Å². The third-order valence-electron chi connectivity index (χ3n) is 3.63. The van der Waals surface area contributed by atoms with E-state index in [1.807, 2.05) is 13.0 Å². The van der Waals surface area contributed by atoms with E-state index in [4.69, 9.17) is 9.47 Å². The van der Waals surface area contributed by atoms with Crippen molar-refractivity contribution in [3.63, 3.8) is 0 Å². The Balaban J connectivity index is 1.90. The topological polar surface area (TPSA) is 123 Å². The second-order valence-electron chi connectivity index (χ2n) is 5.70. The number of hydrogen-bond donors (Lipinski definition) is 3. The normalized spacial score (nSPS) is 13.3. The second kappa shape index (κ2) is 9.37. The summed E-state index contributed by atoms with van der Waals surface area (Å²) in [5, 5.41) is 7.32. The van der Waals surface area contributed by atoms with E-state index < -0.39 is 23.9 Å². The molecule has 0 radical (unpaired) electrons. The number of amides is 3. The summed E-state index contributed by atoms with van der Waals surface area (Å²) in [6, 6.07) is 6.41. The Hall–Kier alpha value is -3.36.